The summed E-state index contributed by atoms with van der Waals surface area (Å²) in [7, 11) is 0.815. The zero-order chi connectivity index (χ0) is 16.6. The molecule has 3 nitrogen and oxygen atoms in total. The van der Waals surface area contributed by atoms with Gasteiger partial charge in [-0.3, -0.25) is 5.32 Å². The van der Waals surface area contributed by atoms with Crippen molar-refractivity contribution in [2.24, 2.45) is 5.73 Å². The van der Waals surface area contributed by atoms with Crippen molar-refractivity contribution in [3.05, 3.63) is 0 Å². The Balaban J connectivity index is 3.57. The average Bonchev–Trinajstić information content (AvgIpc) is 2.50. The maximum Gasteiger partial charge on any atom is 0.146 e. The predicted molar refractivity (Wildman–Crippen MR) is 102 cm³/mol. The quantitative estimate of drug-likeness (QED) is 0.258. The molecule has 0 saturated carbocycles. The lowest BCUT2D eigenvalue weighted by atomic mass is 10.0. The molecule has 0 aromatic heterocycles. The molecule has 0 rings (SSSR count). The van der Waals surface area contributed by atoms with Crippen LogP contribution in [0.15, 0.2) is 0 Å². The van der Waals surface area contributed by atoms with Crippen molar-refractivity contribution in [2.45, 2.75) is 116 Å². The van der Waals surface area contributed by atoms with Crippen LogP contribution >= 0.6 is 0 Å². The number of hydrogen-bond donors (Lipinski definition) is 2. The Morgan fingerprint density at radius 1 is 0.909 bits per heavy atom. The third-order valence-electron chi connectivity index (χ3n) is 4.51. The van der Waals surface area contributed by atoms with E-state index in [1.165, 1.54) is 70.6 Å². The Kier molecular flexibility index (Phi) is 16.0. The Hall–Kier alpha value is 0.0969. The van der Waals surface area contributed by atoms with Crippen molar-refractivity contribution in [1.29, 1.82) is 0 Å². The van der Waals surface area contributed by atoms with Gasteiger partial charge in [-0.1, -0.05) is 78.1 Å². The highest BCUT2D eigenvalue weighted by Crippen LogP contribution is 2.15. The maximum atomic E-state index is 5.86. The highest BCUT2D eigenvalue weighted by atomic mass is 28.2. The van der Waals surface area contributed by atoms with E-state index in [2.05, 4.69) is 19.2 Å². The summed E-state index contributed by atoms with van der Waals surface area (Å²) in [5, 5.41) is 3.44. The molecule has 0 aliphatic heterocycles. The average molecular weight is 331 g/mol. The molecule has 134 valence electrons. The van der Waals surface area contributed by atoms with Gasteiger partial charge in [0.1, 0.15) is 10.5 Å². The Labute approximate surface area is 142 Å². The third kappa shape index (κ3) is 12.6. The molecule has 0 bridgehead atoms. The molecule has 0 aliphatic rings. The van der Waals surface area contributed by atoms with E-state index in [-0.39, 0.29) is 6.17 Å². The molecular formula is C18H42N2OSi. The second-order valence-corrected chi connectivity index (χ2v) is 7.19. The zero-order valence-electron chi connectivity index (χ0n) is 15.7. The topological polar surface area (TPSA) is 47.3 Å². The van der Waals surface area contributed by atoms with Crippen molar-refractivity contribution in [3.8, 4) is 0 Å². The highest BCUT2D eigenvalue weighted by Gasteiger charge is 2.19. The number of rotatable bonds is 16. The first kappa shape index (κ1) is 22.1. The van der Waals surface area contributed by atoms with E-state index in [0.29, 0.717) is 12.1 Å². The second kappa shape index (κ2) is 16.0. The molecule has 0 aromatic rings. The molecule has 3 atom stereocenters. The van der Waals surface area contributed by atoms with Crippen LogP contribution in [0.3, 0.4) is 0 Å². The first-order valence-corrected chi connectivity index (χ1v) is 10.5. The summed E-state index contributed by atoms with van der Waals surface area (Å²) >= 11 is 0. The summed E-state index contributed by atoms with van der Waals surface area (Å²) in [6.07, 6.45) is 16.6. The lowest BCUT2D eigenvalue weighted by Gasteiger charge is -2.28. The normalized spacial score (nSPS) is 15.8. The van der Waals surface area contributed by atoms with Crippen LogP contribution < -0.4 is 11.1 Å². The van der Waals surface area contributed by atoms with Gasteiger partial charge in [0, 0.05) is 6.04 Å². The fraction of sp³-hybridized carbons (Fsp3) is 1.00. The summed E-state index contributed by atoms with van der Waals surface area (Å²) < 4.78 is 5.81. The van der Waals surface area contributed by atoms with Gasteiger partial charge in [0.2, 0.25) is 0 Å². The summed E-state index contributed by atoms with van der Waals surface area (Å²) in [5.41, 5.74) is 5.86. The monoisotopic (exact) mass is 330 g/mol. The van der Waals surface area contributed by atoms with Gasteiger partial charge in [-0.25, -0.2) is 0 Å². The molecule has 0 aliphatic carbocycles. The van der Waals surface area contributed by atoms with Crippen molar-refractivity contribution < 1.29 is 4.43 Å². The lowest BCUT2D eigenvalue weighted by molar-refractivity contribution is 0.144. The molecule has 0 radical (unpaired) electrons. The van der Waals surface area contributed by atoms with Gasteiger partial charge >= 0.3 is 0 Å². The van der Waals surface area contributed by atoms with Crippen LogP contribution in [0.4, 0.5) is 0 Å². The largest absolute Gasteiger partial charge is 0.423 e. The Bertz CT molecular complexity index is 227. The van der Waals surface area contributed by atoms with Gasteiger partial charge in [-0.2, -0.15) is 0 Å². The molecule has 4 heteroatoms. The van der Waals surface area contributed by atoms with Crippen LogP contribution in [0, 0.1) is 0 Å². The van der Waals surface area contributed by atoms with Gasteiger partial charge in [-0.15, -0.1) is 0 Å². The van der Waals surface area contributed by atoms with Crippen molar-refractivity contribution >= 4 is 10.5 Å². The molecule has 0 aromatic carbocycles. The van der Waals surface area contributed by atoms with E-state index in [0.717, 1.165) is 16.9 Å². The van der Waals surface area contributed by atoms with Crippen LogP contribution in [0.1, 0.15) is 97.8 Å². The van der Waals surface area contributed by atoms with Crippen LogP contribution in [-0.4, -0.2) is 28.8 Å². The number of nitrogens with one attached hydrogen (secondary N) is 1. The first-order chi connectivity index (χ1) is 10.7. The summed E-state index contributed by atoms with van der Waals surface area (Å²) in [6, 6.07) is 0.413. The van der Waals surface area contributed by atoms with Gasteiger partial charge in [-0.05, 0) is 19.8 Å². The lowest BCUT2D eigenvalue weighted by Crippen LogP contribution is -2.48. The van der Waals surface area contributed by atoms with E-state index >= 15 is 0 Å². The van der Waals surface area contributed by atoms with Gasteiger partial charge in [0.05, 0.1) is 12.3 Å². The standard InChI is InChI=1S/C18H42N2OSi/c1-4-6-7-8-9-10-11-12-13-14-15-18(21-22)17(5-2)20-16(3)19/h16-18,20H,4-15,19H2,1-3,22H3. The van der Waals surface area contributed by atoms with Crippen LogP contribution in [0.2, 0.25) is 0 Å². The van der Waals surface area contributed by atoms with Crippen LogP contribution in [0.25, 0.3) is 0 Å². The molecule has 0 amide bonds. The van der Waals surface area contributed by atoms with Gasteiger partial charge < -0.3 is 10.2 Å². The third-order valence-corrected chi connectivity index (χ3v) is 5.12. The van der Waals surface area contributed by atoms with Crippen molar-refractivity contribution in [1.82, 2.24) is 5.32 Å². The molecule has 22 heavy (non-hydrogen) atoms. The predicted octanol–water partition coefficient (Wildman–Crippen LogP) is 3.64. The highest BCUT2D eigenvalue weighted by molar-refractivity contribution is 5.98. The minimum atomic E-state index is 0.0528. The summed E-state index contributed by atoms with van der Waals surface area (Å²) in [6.45, 7) is 6.50. The van der Waals surface area contributed by atoms with Crippen LogP contribution in [-0.2, 0) is 4.43 Å². The first-order valence-electron chi connectivity index (χ1n) is 9.70. The molecular weight excluding hydrogens is 288 g/mol. The SMILES string of the molecule is CCCCCCCCCCCCC(O[SiH3])C(CC)NC(C)N. The molecule has 0 saturated heterocycles. The van der Waals surface area contributed by atoms with E-state index in [9.17, 15) is 0 Å². The minimum absolute atomic E-state index is 0.0528. The number of nitrogens with two attached hydrogens (primary N) is 1. The minimum Gasteiger partial charge on any atom is -0.423 e. The summed E-state index contributed by atoms with van der Waals surface area (Å²) in [4.78, 5) is 0. The van der Waals surface area contributed by atoms with E-state index < -0.39 is 0 Å². The number of unbranched alkanes of at least 4 members (excludes halogenated alkanes) is 9. The molecule has 0 fully saturated rings. The van der Waals surface area contributed by atoms with Crippen molar-refractivity contribution in [3.63, 3.8) is 0 Å². The Morgan fingerprint density at radius 2 is 1.41 bits per heavy atom. The van der Waals surface area contributed by atoms with E-state index in [1.807, 2.05) is 6.92 Å². The molecule has 3 unspecified atom stereocenters. The van der Waals surface area contributed by atoms with Crippen LogP contribution in [0.5, 0.6) is 0 Å². The van der Waals surface area contributed by atoms with Crippen molar-refractivity contribution in [2.75, 3.05) is 0 Å². The van der Waals surface area contributed by atoms with E-state index in [1.54, 1.807) is 0 Å². The second-order valence-electron chi connectivity index (χ2n) is 6.71. The molecule has 3 N–H and O–H groups in total. The van der Waals surface area contributed by atoms with E-state index in [4.69, 9.17) is 10.2 Å². The number of hydrogen-bond acceptors (Lipinski definition) is 3. The Morgan fingerprint density at radius 3 is 1.82 bits per heavy atom. The fourth-order valence-electron chi connectivity index (χ4n) is 3.14. The molecule has 0 heterocycles. The van der Waals surface area contributed by atoms with Gasteiger partial charge in [0.25, 0.3) is 0 Å². The maximum absolute atomic E-state index is 5.86. The van der Waals surface area contributed by atoms with Gasteiger partial charge in [0.15, 0.2) is 0 Å². The fourth-order valence-corrected chi connectivity index (χ4v) is 3.71. The molecule has 0 spiro atoms. The smallest absolute Gasteiger partial charge is 0.146 e. The zero-order valence-corrected chi connectivity index (χ0v) is 17.7. The summed E-state index contributed by atoms with van der Waals surface area (Å²) in [5.74, 6) is 0.